The molecule has 0 bridgehead atoms. The minimum absolute atomic E-state index is 0.182. The van der Waals surface area contributed by atoms with Gasteiger partial charge in [0.2, 0.25) is 0 Å². The Morgan fingerprint density at radius 3 is 2.57 bits per heavy atom. The Morgan fingerprint density at radius 1 is 1.05 bits per heavy atom. The van der Waals surface area contributed by atoms with Crippen molar-refractivity contribution in [2.75, 3.05) is 4.72 Å². The van der Waals surface area contributed by atoms with E-state index in [-0.39, 0.29) is 4.90 Å². The molecule has 3 aromatic rings. The summed E-state index contributed by atoms with van der Waals surface area (Å²) in [5, 5.41) is 1.51. The van der Waals surface area contributed by atoms with Crippen molar-refractivity contribution in [3.8, 4) is 0 Å². The highest BCUT2D eigenvalue weighted by molar-refractivity contribution is 9.10. The number of rotatable bonds is 3. The molecule has 1 radical (unpaired) electrons. The number of sulfonamides is 1. The van der Waals surface area contributed by atoms with Crippen molar-refractivity contribution in [2.24, 2.45) is 0 Å². The van der Waals surface area contributed by atoms with Gasteiger partial charge in [-0.05, 0) is 28.1 Å². The van der Waals surface area contributed by atoms with Gasteiger partial charge >= 0.3 is 0 Å². The van der Waals surface area contributed by atoms with Crippen LogP contribution in [0, 0.1) is 6.20 Å². The van der Waals surface area contributed by atoms with Gasteiger partial charge in [-0.25, -0.2) is 8.42 Å². The van der Waals surface area contributed by atoms with E-state index in [0.29, 0.717) is 10.2 Å². The van der Waals surface area contributed by atoms with Crippen LogP contribution in [0.1, 0.15) is 0 Å². The second kappa shape index (κ2) is 5.46. The summed E-state index contributed by atoms with van der Waals surface area (Å²) in [7, 11) is -3.69. The number of pyridine rings is 1. The summed E-state index contributed by atoms with van der Waals surface area (Å²) in [5.74, 6) is 0. The topological polar surface area (TPSA) is 59.1 Å². The van der Waals surface area contributed by atoms with E-state index in [2.05, 4.69) is 31.8 Å². The highest BCUT2D eigenvalue weighted by Gasteiger charge is 2.18. The molecule has 0 saturated heterocycles. The Labute approximate surface area is 131 Å². The van der Waals surface area contributed by atoms with E-state index >= 15 is 0 Å². The van der Waals surface area contributed by atoms with Crippen LogP contribution in [-0.4, -0.2) is 13.4 Å². The van der Waals surface area contributed by atoms with Gasteiger partial charge in [-0.2, -0.15) is 0 Å². The van der Waals surface area contributed by atoms with Gasteiger partial charge in [-0.3, -0.25) is 9.71 Å². The molecule has 21 heavy (non-hydrogen) atoms. The van der Waals surface area contributed by atoms with Crippen LogP contribution in [0.2, 0.25) is 0 Å². The lowest BCUT2D eigenvalue weighted by Crippen LogP contribution is -2.14. The predicted molar refractivity (Wildman–Crippen MR) is 85.5 cm³/mol. The first-order valence-corrected chi connectivity index (χ1v) is 8.38. The molecular weight excluding hydrogens is 352 g/mol. The average Bonchev–Trinajstić information content (AvgIpc) is 2.47. The summed E-state index contributed by atoms with van der Waals surface area (Å²) in [6.45, 7) is 0. The molecule has 3 rings (SSSR count). The van der Waals surface area contributed by atoms with Gasteiger partial charge in [0.15, 0.2) is 0 Å². The third kappa shape index (κ3) is 2.77. The van der Waals surface area contributed by atoms with E-state index in [1.165, 1.54) is 12.3 Å². The highest BCUT2D eigenvalue weighted by atomic mass is 79.9. The molecule has 0 unspecified atom stereocenters. The molecule has 0 spiro atoms. The summed E-state index contributed by atoms with van der Waals surface area (Å²) in [5.41, 5.74) is 0.431. The third-order valence-electron chi connectivity index (χ3n) is 2.97. The van der Waals surface area contributed by atoms with E-state index in [1.807, 2.05) is 24.3 Å². The largest absolute Gasteiger partial charge is 0.277 e. The number of hydrogen-bond donors (Lipinski definition) is 1. The zero-order valence-corrected chi connectivity index (χ0v) is 13.1. The fraction of sp³-hybridized carbons (Fsp3) is 0. The highest BCUT2D eigenvalue weighted by Crippen LogP contribution is 2.27. The van der Waals surface area contributed by atoms with Crippen molar-refractivity contribution in [3.63, 3.8) is 0 Å². The van der Waals surface area contributed by atoms with E-state index < -0.39 is 10.0 Å². The van der Waals surface area contributed by atoms with E-state index in [4.69, 9.17) is 0 Å². The number of aromatic nitrogens is 1. The summed E-state index contributed by atoms with van der Waals surface area (Å²) in [6.07, 6.45) is 4.29. The summed E-state index contributed by atoms with van der Waals surface area (Å²) < 4.78 is 28.1. The van der Waals surface area contributed by atoms with Crippen molar-refractivity contribution < 1.29 is 8.42 Å². The van der Waals surface area contributed by atoms with Crippen molar-refractivity contribution in [2.45, 2.75) is 4.90 Å². The summed E-state index contributed by atoms with van der Waals surface area (Å²) >= 11 is 3.25. The molecule has 105 valence electrons. The Morgan fingerprint density at radius 2 is 1.76 bits per heavy atom. The molecule has 4 nitrogen and oxygen atoms in total. The minimum Gasteiger partial charge on any atom is -0.277 e. The van der Waals surface area contributed by atoms with Gasteiger partial charge in [0.05, 0.1) is 18.1 Å². The molecule has 0 fully saturated rings. The Hall–Kier alpha value is -1.92. The van der Waals surface area contributed by atoms with Gasteiger partial charge in [0, 0.05) is 15.2 Å². The number of halogens is 1. The fourth-order valence-corrected chi connectivity index (χ4v) is 4.06. The molecule has 0 saturated carbocycles. The third-order valence-corrected chi connectivity index (χ3v) is 5.34. The number of nitrogens with zero attached hydrogens (tertiary/aromatic N) is 1. The van der Waals surface area contributed by atoms with Gasteiger partial charge in [0.25, 0.3) is 10.0 Å². The van der Waals surface area contributed by atoms with Crippen LogP contribution in [-0.2, 0) is 10.0 Å². The van der Waals surface area contributed by atoms with Gasteiger partial charge < -0.3 is 0 Å². The SMILES string of the molecule is O=S(=O)(Nc1cn[c]c2ccccc12)c1ccccc1Br. The van der Waals surface area contributed by atoms with Gasteiger partial charge in [-0.1, -0.05) is 36.4 Å². The lowest BCUT2D eigenvalue weighted by molar-refractivity contribution is 0.601. The smallest absolute Gasteiger partial charge is 0.263 e. The Balaban J connectivity index is 2.08. The normalized spacial score (nSPS) is 11.5. The molecule has 6 heteroatoms. The van der Waals surface area contributed by atoms with Crippen molar-refractivity contribution >= 4 is 42.4 Å². The molecule has 1 aromatic heterocycles. The average molecular weight is 362 g/mol. The van der Waals surface area contributed by atoms with Crippen molar-refractivity contribution in [3.05, 3.63) is 65.4 Å². The molecule has 0 aliphatic rings. The van der Waals surface area contributed by atoms with Crippen LogP contribution in [0.15, 0.2) is 64.1 Å². The molecular formula is C15H10BrN2O2S. The van der Waals surface area contributed by atoms with Crippen molar-refractivity contribution in [1.29, 1.82) is 0 Å². The fourth-order valence-electron chi connectivity index (χ4n) is 2.00. The first kappa shape index (κ1) is 14.0. The number of fused-ring (bicyclic) bond motifs is 1. The molecule has 0 aliphatic heterocycles. The van der Waals surface area contributed by atoms with E-state index in [1.54, 1.807) is 18.2 Å². The number of benzene rings is 2. The van der Waals surface area contributed by atoms with Crippen LogP contribution >= 0.6 is 15.9 Å². The number of nitrogens with one attached hydrogen (secondary N) is 1. The van der Waals surface area contributed by atoms with Gasteiger partial charge in [-0.15, -0.1) is 0 Å². The van der Waals surface area contributed by atoms with Crippen LogP contribution in [0.4, 0.5) is 5.69 Å². The van der Waals surface area contributed by atoms with Crippen LogP contribution in [0.3, 0.4) is 0 Å². The Kier molecular flexibility index (Phi) is 3.65. The number of hydrogen-bond acceptors (Lipinski definition) is 3. The molecule has 0 aliphatic carbocycles. The molecule has 0 amide bonds. The zero-order valence-electron chi connectivity index (χ0n) is 10.7. The second-order valence-electron chi connectivity index (χ2n) is 4.37. The maximum Gasteiger partial charge on any atom is 0.263 e. The maximum atomic E-state index is 12.5. The number of anilines is 1. The second-order valence-corrected chi connectivity index (χ2v) is 6.87. The zero-order chi connectivity index (χ0) is 14.9. The van der Waals surface area contributed by atoms with E-state index in [9.17, 15) is 8.42 Å². The first-order chi connectivity index (χ1) is 10.1. The van der Waals surface area contributed by atoms with Crippen LogP contribution in [0.5, 0.6) is 0 Å². The van der Waals surface area contributed by atoms with Crippen LogP contribution in [0.25, 0.3) is 10.8 Å². The summed E-state index contributed by atoms with van der Waals surface area (Å²) in [6, 6.07) is 14.0. The molecule has 1 N–H and O–H groups in total. The quantitative estimate of drug-likeness (QED) is 0.775. The molecule has 0 atom stereocenters. The molecule has 1 heterocycles. The predicted octanol–water partition coefficient (Wildman–Crippen LogP) is 3.60. The lowest BCUT2D eigenvalue weighted by Gasteiger charge is -2.11. The van der Waals surface area contributed by atoms with Crippen molar-refractivity contribution in [1.82, 2.24) is 4.98 Å². The first-order valence-electron chi connectivity index (χ1n) is 6.11. The van der Waals surface area contributed by atoms with Gasteiger partial charge in [0.1, 0.15) is 4.90 Å². The maximum absolute atomic E-state index is 12.5. The molecule has 2 aromatic carbocycles. The van der Waals surface area contributed by atoms with Crippen LogP contribution < -0.4 is 4.72 Å². The standard InChI is InChI=1S/C15H10BrN2O2S/c16-13-7-3-4-8-15(13)21(19,20)18-14-10-17-9-11-5-1-2-6-12(11)14/h1-8,10,18H. The minimum atomic E-state index is -3.69. The Bertz CT molecular complexity index is 905. The van der Waals surface area contributed by atoms with E-state index in [0.717, 1.165) is 10.8 Å². The summed E-state index contributed by atoms with van der Waals surface area (Å²) in [4.78, 5) is 4.13. The monoisotopic (exact) mass is 361 g/mol. The lowest BCUT2D eigenvalue weighted by atomic mass is 10.1.